The molecule has 0 amide bonds. The van der Waals surface area contributed by atoms with Crippen LogP contribution in [-0.2, 0) is 12.1 Å². The second kappa shape index (κ2) is 9.75. The lowest BCUT2D eigenvalue weighted by atomic mass is 10.0. The molecule has 2 N–H and O–H groups in total. The largest absolute Gasteiger partial charge is 0.491 e. The quantitative estimate of drug-likeness (QED) is 0.673. The zero-order valence-corrected chi connectivity index (χ0v) is 17.4. The van der Waals surface area contributed by atoms with Crippen LogP contribution in [0.15, 0.2) is 54.6 Å². The fourth-order valence-electron chi connectivity index (χ4n) is 4.33. The summed E-state index contributed by atoms with van der Waals surface area (Å²) in [7, 11) is 0. The summed E-state index contributed by atoms with van der Waals surface area (Å²) >= 11 is 0. The third-order valence-electron chi connectivity index (χ3n) is 6.22. The van der Waals surface area contributed by atoms with Crippen molar-refractivity contribution in [2.24, 2.45) is 0 Å². The van der Waals surface area contributed by atoms with Crippen LogP contribution in [0, 0.1) is 0 Å². The summed E-state index contributed by atoms with van der Waals surface area (Å²) in [6.45, 7) is 4.08. The fourth-order valence-corrected chi connectivity index (χ4v) is 4.33. The first-order valence-electron chi connectivity index (χ1n) is 11.2. The molecule has 1 unspecified atom stereocenters. The molecule has 1 heterocycles. The van der Waals surface area contributed by atoms with E-state index in [1.54, 1.807) is 0 Å². The summed E-state index contributed by atoms with van der Waals surface area (Å²) in [5.74, 6) is 0.837. The summed E-state index contributed by atoms with van der Waals surface area (Å²) in [5, 5.41) is 14.1. The molecule has 0 bridgehead atoms. The number of aliphatic hydroxyl groups excluding tert-OH is 1. The lowest BCUT2D eigenvalue weighted by Crippen LogP contribution is -2.36. The SMILES string of the molecule is OC(COc1cccc(CNC2(c3ccccc3)CC2)c1)CN1CCCCCC1. The molecular formula is C25H34N2O2. The number of hydrogen-bond acceptors (Lipinski definition) is 4. The summed E-state index contributed by atoms with van der Waals surface area (Å²) in [4.78, 5) is 2.38. The highest BCUT2D eigenvalue weighted by Crippen LogP contribution is 2.45. The van der Waals surface area contributed by atoms with Gasteiger partial charge in [0.15, 0.2) is 0 Å². The van der Waals surface area contributed by atoms with Gasteiger partial charge in [-0.3, -0.25) is 0 Å². The van der Waals surface area contributed by atoms with Crippen molar-refractivity contribution in [3.05, 3.63) is 65.7 Å². The Morgan fingerprint density at radius 1 is 0.966 bits per heavy atom. The van der Waals surface area contributed by atoms with E-state index in [4.69, 9.17) is 4.74 Å². The topological polar surface area (TPSA) is 44.7 Å². The number of nitrogens with zero attached hydrogens (tertiary/aromatic N) is 1. The molecule has 1 aliphatic carbocycles. The molecule has 4 rings (SSSR count). The Bertz CT molecular complexity index is 752. The maximum Gasteiger partial charge on any atom is 0.119 e. The Morgan fingerprint density at radius 2 is 1.72 bits per heavy atom. The van der Waals surface area contributed by atoms with Crippen molar-refractivity contribution in [1.29, 1.82) is 0 Å². The van der Waals surface area contributed by atoms with Crippen LogP contribution in [-0.4, -0.2) is 42.4 Å². The highest BCUT2D eigenvalue weighted by Gasteiger charge is 2.43. The predicted octanol–water partition coefficient (Wildman–Crippen LogP) is 4.08. The minimum absolute atomic E-state index is 0.140. The highest BCUT2D eigenvalue weighted by atomic mass is 16.5. The van der Waals surface area contributed by atoms with E-state index in [1.807, 2.05) is 12.1 Å². The van der Waals surface area contributed by atoms with Gasteiger partial charge in [-0.25, -0.2) is 0 Å². The van der Waals surface area contributed by atoms with E-state index in [-0.39, 0.29) is 5.54 Å². The van der Waals surface area contributed by atoms with Gasteiger partial charge in [-0.15, -0.1) is 0 Å². The van der Waals surface area contributed by atoms with Gasteiger partial charge in [-0.1, -0.05) is 55.3 Å². The van der Waals surface area contributed by atoms with Crippen molar-refractivity contribution >= 4 is 0 Å². The summed E-state index contributed by atoms with van der Waals surface area (Å²) in [6.07, 6.45) is 7.06. The maximum atomic E-state index is 10.4. The van der Waals surface area contributed by atoms with Crippen molar-refractivity contribution in [2.75, 3.05) is 26.2 Å². The molecule has 4 heteroatoms. The molecule has 1 atom stereocenters. The monoisotopic (exact) mass is 394 g/mol. The van der Waals surface area contributed by atoms with Gasteiger partial charge in [0.2, 0.25) is 0 Å². The first-order chi connectivity index (χ1) is 14.2. The molecule has 156 valence electrons. The van der Waals surface area contributed by atoms with Crippen molar-refractivity contribution in [1.82, 2.24) is 10.2 Å². The first-order valence-corrected chi connectivity index (χ1v) is 11.2. The van der Waals surface area contributed by atoms with Crippen molar-refractivity contribution in [3.63, 3.8) is 0 Å². The number of likely N-dealkylation sites (tertiary alicyclic amines) is 1. The van der Waals surface area contributed by atoms with Crippen LogP contribution in [0.1, 0.15) is 49.7 Å². The molecule has 0 aromatic heterocycles. The summed E-state index contributed by atoms with van der Waals surface area (Å²) in [5.41, 5.74) is 2.73. The maximum absolute atomic E-state index is 10.4. The molecule has 0 radical (unpaired) electrons. The Labute approximate surface area is 174 Å². The van der Waals surface area contributed by atoms with E-state index in [1.165, 1.54) is 49.7 Å². The average molecular weight is 395 g/mol. The van der Waals surface area contributed by atoms with E-state index >= 15 is 0 Å². The van der Waals surface area contributed by atoms with E-state index in [9.17, 15) is 5.11 Å². The number of rotatable bonds is 9. The Hall–Kier alpha value is -1.88. The van der Waals surface area contributed by atoms with E-state index < -0.39 is 6.10 Å². The van der Waals surface area contributed by atoms with Crippen molar-refractivity contribution in [2.45, 2.75) is 56.7 Å². The molecule has 1 saturated carbocycles. The molecular weight excluding hydrogens is 360 g/mol. The minimum atomic E-state index is -0.442. The van der Waals surface area contributed by atoms with Gasteiger partial charge in [0.1, 0.15) is 18.5 Å². The first kappa shape index (κ1) is 20.4. The van der Waals surface area contributed by atoms with E-state index in [2.05, 4.69) is 52.7 Å². The van der Waals surface area contributed by atoms with Crippen LogP contribution >= 0.6 is 0 Å². The van der Waals surface area contributed by atoms with Crippen molar-refractivity contribution < 1.29 is 9.84 Å². The van der Waals surface area contributed by atoms with Gasteiger partial charge in [-0.05, 0) is 62.0 Å². The third-order valence-corrected chi connectivity index (χ3v) is 6.22. The van der Waals surface area contributed by atoms with Gasteiger partial charge >= 0.3 is 0 Å². The molecule has 2 aromatic carbocycles. The van der Waals surface area contributed by atoms with Gasteiger partial charge in [0, 0.05) is 18.6 Å². The predicted molar refractivity (Wildman–Crippen MR) is 117 cm³/mol. The van der Waals surface area contributed by atoms with Crippen LogP contribution < -0.4 is 10.1 Å². The number of ether oxygens (including phenoxy) is 1. The van der Waals surface area contributed by atoms with Gasteiger partial charge in [0.05, 0.1) is 0 Å². The minimum Gasteiger partial charge on any atom is -0.491 e. The lowest BCUT2D eigenvalue weighted by molar-refractivity contribution is 0.0693. The number of nitrogens with one attached hydrogen (secondary N) is 1. The zero-order chi connectivity index (χ0) is 19.9. The highest BCUT2D eigenvalue weighted by molar-refractivity contribution is 5.32. The Morgan fingerprint density at radius 3 is 2.45 bits per heavy atom. The molecule has 4 nitrogen and oxygen atoms in total. The Balaban J connectivity index is 1.25. The molecule has 2 fully saturated rings. The molecule has 0 spiro atoms. The molecule has 2 aliphatic rings. The summed E-state index contributed by atoms with van der Waals surface area (Å²) in [6, 6.07) is 19.0. The Kier molecular flexibility index (Phi) is 6.86. The van der Waals surface area contributed by atoms with E-state index in [0.29, 0.717) is 13.2 Å². The summed E-state index contributed by atoms with van der Waals surface area (Å²) < 4.78 is 5.91. The number of hydrogen-bond donors (Lipinski definition) is 2. The smallest absolute Gasteiger partial charge is 0.119 e. The number of β-amino-alcohol motifs (C(OH)–C–C–N with tert-alkyl or cyclic N) is 1. The van der Waals surface area contributed by atoms with Gasteiger partial charge in [-0.2, -0.15) is 0 Å². The van der Waals surface area contributed by atoms with Crippen LogP contribution in [0.3, 0.4) is 0 Å². The van der Waals surface area contributed by atoms with Crippen LogP contribution in [0.4, 0.5) is 0 Å². The van der Waals surface area contributed by atoms with Crippen molar-refractivity contribution in [3.8, 4) is 5.75 Å². The molecule has 2 aromatic rings. The number of benzene rings is 2. The average Bonchev–Trinajstić information content (AvgIpc) is 3.58. The number of aliphatic hydroxyl groups is 1. The molecule has 1 aliphatic heterocycles. The van der Waals surface area contributed by atoms with Gasteiger partial charge in [0.25, 0.3) is 0 Å². The third kappa shape index (κ3) is 5.81. The van der Waals surface area contributed by atoms with Crippen LogP contribution in [0.25, 0.3) is 0 Å². The molecule has 29 heavy (non-hydrogen) atoms. The normalized spacial score (nSPS) is 20.0. The zero-order valence-electron chi connectivity index (χ0n) is 17.4. The second-order valence-corrected chi connectivity index (χ2v) is 8.63. The van der Waals surface area contributed by atoms with Crippen LogP contribution in [0.5, 0.6) is 5.75 Å². The second-order valence-electron chi connectivity index (χ2n) is 8.63. The fraction of sp³-hybridized carbons (Fsp3) is 0.520. The van der Waals surface area contributed by atoms with Crippen LogP contribution in [0.2, 0.25) is 0 Å². The lowest BCUT2D eigenvalue weighted by Gasteiger charge is -2.23. The van der Waals surface area contributed by atoms with Gasteiger partial charge < -0.3 is 20.1 Å². The van der Waals surface area contributed by atoms with E-state index in [0.717, 1.165) is 25.4 Å². The standard InChI is InChI=1S/C25H34N2O2/c28-23(19-27-15-6-1-2-7-16-27)20-29-24-12-8-9-21(17-24)18-26-25(13-14-25)22-10-4-3-5-11-22/h3-5,8-12,17,23,26,28H,1-2,6-7,13-16,18-20H2. The molecule has 1 saturated heterocycles.